The van der Waals surface area contributed by atoms with Crippen LogP contribution in [0.2, 0.25) is 0 Å². The molecule has 0 amide bonds. The van der Waals surface area contributed by atoms with E-state index in [1.54, 1.807) is 27.7 Å². The van der Waals surface area contributed by atoms with E-state index in [0.29, 0.717) is 0 Å². The Hall–Kier alpha value is -0.380. The Morgan fingerprint density at radius 2 is 1.50 bits per heavy atom. The number of carbonyl (C=O) groups is 1. The van der Waals surface area contributed by atoms with Gasteiger partial charge in [-0.05, 0) is 5.92 Å². The predicted molar refractivity (Wildman–Crippen MR) is 54.2 cm³/mol. The van der Waals surface area contributed by atoms with Crippen molar-refractivity contribution in [2.24, 2.45) is 11.8 Å². The Labute approximate surface area is 84.3 Å². The van der Waals surface area contributed by atoms with Gasteiger partial charge in [0.15, 0.2) is 0 Å². The van der Waals surface area contributed by atoms with Gasteiger partial charge in [0.05, 0.1) is 12.1 Å². The molecule has 0 spiro atoms. The van der Waals surface area contributed by atoms with Gasteiger partial charge in [-0.15, -0.1) is 0 Å². The number of rotatable bonds is 3. The first-order valence-corrected chi connectivity index (χ1v) is 6.13. The summed E-state index contributed by atoms with van der Waals surface area (Å²) in [6, 6.07) is 0. The molecule has 0 unspecified atom stereocenters. The van der Waals surface area contributed by atoms with Crippen LogP contribution in [0.3, 0.4) is 0 Å². The minimum absolute atomic E-state index is 0.00694. The van der Waals surface area contributed by atoms with Crippen LogP contribution in [0.15, 0.2) is 0 Å². The maximum Gasteiger partial charge on any atom is 0.325 e. The lowest BCUT2D eigenvalue weighted by Crippen LogP contribution is -2.03. The summed E-state index contributed by atoms with van der Waals surface area (Å²) < 4.78 is 10.1. The lowest BCUT2D eigenvalue weighted by Gasteiger charge is -2.04. The summed E-state index contributed by atoms with van der Waals surface area (Å²) >= 11 is 0. The van der Waals surface area contributed by atoms with Crippen molar-refractivity contribution < 1.29 is 24.3 Å². The number of hydrogen-bond acceptors (Lipinski definition) is 2. The van der Waals surface area contributed by atoms with E-state index in [2.05, 4.69) is 0 Å². The summed E-state index contributed by atoms with van der Waals surface area (Å²) in [6.45, 7) is 6.84. The van der Waals surface area contributed by atoms with Crippen molar-refractivity contribution in [1.29, 1.82) is 0 Å². The Balaban J connectivity index is 0. The molecule has 0 rings (SSSR count). The van der Waals surface area contributed by atoms with Gasteiger partial charge in [0.1, 0.15) is 0 Å². The predicted octanol–water partition coefficient (Wildman–Crippen LogP) is 1.55. The number of aliphatic carboxylic acids is 1. The van der Waals surface area contributed by atoms with E-state index in [0.717, 1.165) is 0 Å². The normalized spacial score (nSPS) is 11.1. The van der Waals surface area contributed by atoms with Crippen molar-refractivity contribution in [3.63, 3.8) is 0 Å². The van der Waals surface area contributed by atoms with Crippen molar-refractivity contribution in [1.82, 2.24) is 0 Å². The summed E-state index contributed by atoms with van der Waals surface area (Å²) in [5.74, 6) is -0.893. The molecule has 0 fully saturated rings. The third kappa shape index (κ3) is 17.6. The smallest absolute Gasteiger partial charge is 0.325 e. The second-order valence-electron chi connectivity index (χ2n) is 3.73. The SMILES string of the molecule is CC(C)C(=O)O.CC(C)CP(=O)(O)O. The summed E-state index contributed by atoms with van der Waals surface area (Å²) in [4.78, 5) is 26.3. The first-order chi connectivity index (χ1) is 6.06. The Bertz CT molecular complexity index is 206. The molecule has 0 bridgehead atoms. The first kappa shape index (κ1) is 16.1. The second kappa shape index (κ2) is 6.98. The molecule has 3 N–H and O–H groups in total. The van der Waals surface area contributed by atoms with Crippen molar-refractivity contribution in [2.75, 3.05) is 6.16 Å². The van der Waals surface area contributed by atoms with Crippen LogP contribution < -0.4 is 0 Å². The van der Waals surface area contributed by atoms with Crippen LogP contribution in [0.5, 0.6) is 0 Å². The highest BCUT2D eigenvalue weighted by Crippen LogP contribution is 2.36. The van der Waals surface area contributed by atoms with Gasteiger partial charge in [-0.3, -0.25) is 9.36 Å². The van der Waals surface area contributed by atoms with Crippen molar-refractivity contribution in [3.8, 4) is 0 Å². The van der Waals surface area contributed by atoms with Crippen molar-refractivity contribution >= 4 is 13.6 Å². The summed E-state index contributed by atoms with van der Waals surface area (Å²) in [6.07, 6.45) is -0.00694. The van der Waals surface area contributed by atoms with Gasteiger partial charge in [0.2, 0.25) is 0 Å². The Morgan fingerprint density at radius 1 is 1.21 bits per heavy atom. The zero-order valence-electron chi connectivity index (χ0n) is 8.97. The lowest BCUT2D eigenvalue weighted by molar-refractivity contribution is -0.140. The van der Waals surface area contributed by atoms with Gasteiger partial charge in [-0.2, -0.15) is 0 Å². The summed E-state index contributed by atoms with van der Waals surface area (Å²) in [5.41, 5.74) is 0. The maximum atomic E-state index is 10.1. The zero-order chi connectivity index (χ0) is 11.9. The molecule has 0 radical (unpaired) electrons. The summed E-state index contributed by atoms with van der Waals surface area (Å²) in [5, 5.41) is 7.99. The Kier molecular flexibility index (Phi) is 8.01. The van der Waals surface area contributed by atoms with E-state index in [9.17, 15) is 9.36 Å². The van der Waals surface area contributed by atoms with Crippen LogP contribution in [0.25, 0.3) is 0 Å². The molecule has 0 saturated heterocycles. The molecule has 0 aromatic carbocycles. The molecule has 0 aliphatic carbocycles. The van der Waals surface area contributed by atoms with Crippen LogP contribution in [0, 0.1) is 11.8 Å². The molecule has 14 heavy (non-hydrogen) atoms. The molecule has 0 atom stereocenters. The third-order valence-electron chi connectivity index (χ3n) is 1.10. The zero-order valence-corrected chi connectivity index (χ0v) is 9.86. The minimum atomic E-state index is -3.72. The molecule has 6 heteroatoms. The van der Waals surface area contributed by atoms with Gasteiger partial charge in [0, 0.05) is 0 Å². The van der Waals surface area contributed by atoms with E-state index >= 15 is 0 Å². The van der Waals surface area contributed by atoms with Gasteiger partial charge in [0.25, 0.3) is 0 Å². The maximum absolute atomic E-state index is 10.1. The van der Waals surface area contributed by atoms with Crippen LogP contribution >= 0.6 is 7.60 Å². The van der Waals surface area contributed by atoms with E-state index in [1.807, 2.05) is 0 Å². The molecule has 5 nitrogen and oxygen atoms in total. The molecular weight excluding hydrogens is 207 g/mol. The van der Waals surface area contributed by atoms with E-state index < -0.39 is 13.6 Å². The third-order valence-corrected chi connectivity index (χ3v) is 2.30. The quantitative estimate of drug-likeness (QED) is 0.634. The molecule has 0 aromatic rings. The van der Waals surface area contributed by atoms with Crippen LogP contribution in [0.1, 0.15) is 27.7 Å². The van der Waals surface area contributed by atoms with E-state index in [1.165, 1.54) is 0 Å². The topological polar surface area (TPSA) is 94.8 Å². The van der Waals surface area contributed by atoms with E-state index in [4.69, 9.17) is 14.9 Å². The molecule has 0 aromatic heterocycles. The second-order valence-corrected chi connectivity index (χ2v) is 5.43. The number of hydrogen-bond donors (Lipinski definition) is 3. The Morgan fingerprint density at radius 3 is 1.50 bits per heavy atom. The number of carboxylic acid groups (broad SMARTS) is 1. The fraction of sp³-hybridized carbons (Fsp3) is 0.875. The fourth-order valence-electron chi connectivity index (χ4n) is 0.476. The highest BCUT2D eigenvalue weighted by atomic mass is 31.2. The molecule has 0 aliphatic rings. The van der Waals surface area contributed by atoms with Crippen LogP contribution in [0.4, 0.5) is 0 Å². The van der Waals surface area contributed by atoms with Gasteiger partial charge >= 0.3 is 13.6 Å². The van der Waals surface area contributed by atoms with Gasteiger partial charge in [-0.25, -0.2) is 0 Å². The minimum Gasteiger partial charge on any atom is -0.481 e. The first-order valence-electron chi connectivity index (χ1n) is 4.33. The fourth-order valence-corrected chi connectivity index (χ4v) is 1.43. The van der Waals surface area contributed by atoms with Gasteiger partial charge < -0.3 is 14.9 Å². The highest BCUT2D eigenvalue weighted by molar-refractivity contribution is 7.51. The van der Waals surface area contributed by atoms with E-state index in [-0.39, 0.29) is 18.0 Å². The number of carboxylic acids is 1. The standard InChI is InChI=1S/C4H11O3P.C4H8O2/c1-4(2)3-8(5,6)7;1-3(2)4(5)6/h4H,3H2,1-2H3,(H2,5,6,7);3H,1-2H3,(H,5,6). The lowest BCUT2D eigenvalue weighted by atomic mass is 10.2. The summed E-state index contributed by atoms with van der Waals surface area (Å²) in [7, 11) is -3.72. The molecule has 0 saturated carbocycles. The van der Waals surface area contributed by atoms with Crippen molar-refractivity contribution in [3.05, 3.63) is 0 Å². The molecular formula is C8H19O5P. The largest absolute Gasteiger partial charge is 0.481 e. The molecule has 0 heterocycles. The van der Waals surface area contributed by atoms with Crippen LogP contribution in [-0.4, -0.2) is 27.0 Å². The van der Waals surface area contributed by atoms with Crippen LogP contribution in [-0.2, 0) is 9.36 Å². The molecule has 86 valence electrons. The average molecular weight is 226 g/mol. The molecule has 0 aliphatic heterocycles. The monoisotopic (exact) mass is 226 g/mol. The highest BCUT2D eigenvalue weighted by Gasteiger charge is 2.13. The van der Waals surface area contributed by atoms with Gasteiger partial charge in [-0.1, -0.05) is 27.7 Å². The van der Waals surface area contributed by atoms with Crippen molar-refractivity contribution in [2.45, 2.75) is 27.7 Å². The average Bonchev–Trinajstić information content (AvgIpc) is 1.81.